The van der Waals surface area contributed by atoms with E-state index < -0.39 is 0 Å². The van der Waals surface area contributed by atoms with E-state index in [1.165, 1.54) is 8.66 Å². The fraction of sp³-hybridized carbons (Fsp3) is 0.667. The van der Waals surface area contributed by atoms with Gasteiger partial charge in [0.25, 0.3) is 0 Å². The van der Waals surface area contributed by atoms with Gasteiger partial charge < -0.3 is 5.11 Å². The molecule has 0 aliphatic carbocycles. The van der Waals surface area contributed by atoms with Gasteiger partial charge in [-0.25, -0.2) is 0 Å². The number of piperidine rings is 1. The van der Waals surface area contributed by atoms with Crippen LogP contribution < -0.4 is 0 Å². The van der Waals surface area contributed by atoms with E-state index in [0.717, 1.165) is 32.5 Å². The Balaban J connectivity index is 1.81. The molecule has 16 heavy (non-hydrogen) atoms. The molecule has 0 amide bonds. The molecule has 1 saturated heterocycles. The fourth-order valence-electron chi connectivity index (χ4n) is 2.25. The monoisotopic (exact) mass is 303 g/mol. The zero-order valence-corrected chi connectivity index (χ0v) is 11.9. The van der Waals surface area contributed by atoms with E-state index in [9.17, 15) is 5.11 Å². The van der Waals surface area contributed by atoms with Crippen molar-refractivity contribution in [1.82, 2.24) is 4.90 Å². The first kappa shape index (κ1) is 12.6. The Morgan fingerprint density at radius 1 is 1.50 bits per heavy atom. The maximum Gasteiger partial charge on any atom is 0.0701 e. The topological polar surface area (TPSA) is 23.5 Å². The zero-order chi connectivity index (χ0) is 11.5. The Morgan fingerprint density at radius 2 is 2.19 bits per heavy atom. The molecule has 2 nitrogen and oxygen atoms in total. The molecular formula is C12H18BrNOS. The molecule has 1 atom stereocenters. The quantitative estimate of drug-likeness (QED) is 0.927. The third-order valence-corrected chi connectivity index (χ3v) is 4.93. The van der Waals surface area contributed by atoms with Crippen LogP contribution in [0, 0.1) is 5.92 Å². The summed E-state index contributed by atoms with van der Waals surface area (Å²) in [4.78, 5) is 3.90. The van der Waals surface area contributed by atoms with Crippen LogP contribution >= 0.6 is 27.3 Å². The van der Waals surface area contributed by atoms with Gasteiger partial charge in [-0.1, -0.05) is 0 Å². The van der Waals surface area contributed by atoms with E-state index in [1.54, 1.807) is 0 Å². The molecule has 2 heterocycles. The van der Waals surface area contributed by atoms with Gasteiger partial charge >= 0.3 is 0 Å². The average Bonchev–Trinajstić information content (AvgIpc) is 2.65. The summed E-state index contributed by atoms with van der Waals surface area (Å²) < 4.78 is 1.21. The second-order valence-corrected chi connectivity index (χ2v) is 7.11. The Bertz CT molecular complexity index is 332. The van der Waals surface area contributed by atoms with Crippen LogP contribution in [0.1, 0.15) is 24.6 Å². The second kappa shape index (κ2) is 5.63. The molecule has 1 aliphatic heterocycles. The van der Waals surface area contributed by atoms with Gasteiger partial charge in [-0.15, -0.1) is 11.3 Å². The molecule has 0 radical (unpaired) electrons. The number of nitrogens with zero attached hydrogens (tertiary/aromatic N) is 1. The molecule has 4 heteroatoms. The van der Waals surface area contributed by atoms with Crippen molar-refractivity contribution in [3.63, 3.8) is 0 Å². The number of aliphatic hydroxyl groups is 1. The highest BCUT2D eigenvalue weighted by molar-refractivity contribution is 9.11. The van der Waals surface area contributed by atoms with Crippen LogP contribution in [0.25, 0.3) is 0 Å². The van der Waals surface area contributed by atoms with Crippen LogP contribution in [0.4, 0.5) is 0 Å². The molecule has 0 saturated carbocycles. The smallest absolute Gasteiger partial charge is 0.0701 e. The Morgan fingerprint density at radius 3 is 2.69 bits per heavy atom. The van der Waals surface area contributed by atoms with Crippen LogP contribution in [0.5, 0.6) is 0 Å². The van der Waals surface area contributed by atoms with E-state index in [1.807, 2.05) is 18.3 Å². The molecular weight excluding hydrogens is 286 g/mol. The summed E-state index contributed by atoms with van der Waals surface area (Å²) >= 11 is 5.31. The van der Waals surface area contributed by atoms with Crippen molar-refractivity contribution in [2.24, 2.45) is 5.92 Å². The lowest BCUT2D eigenvalue weighted by Gasteiger charge is -2.32. The van der Waals surface area contributed by atoms with Crippen molar-refractivity contribution in [3.05, 3.63) is 20.8 Å². The Labute approximate surface area is 109 Å². The van der Waals surface area contributed by atoms with Crippen LogP contribution in [0.15, 0.2) is 15.9 Å². The SMILES string of the molecule is CC(O)C1CCN(Cc2ccc(Br)s2)CC1. The first-order valence-electron chi connectivity index (χ1n) is 5.80. The zero-order valence-electron chi connectivity index (χ0n) is 9.53. The highest BCUT2D eigenvalue weighted by atomic mass is 79.9. The van der Waals surface area contributed by atoms with Gasteiger partial charge in [0.05, 0.1) is 9.89 Å². The maximum atomic E-state index is 9.53. The van der Waals surface area contributed by atoms with Gasteiger partial charge in [0.2, 0.25) is 0 Å². The molecule has 2 rings (SSSR count). The standard InChI is InChI=1S/C12H18BrNOS/c1-9(15)10-4-6-14(7-5-10)8-11-2-3-12(13)16-11/h2-3,9-10,15H,4-8H2,1H3. The van der Waals surface area contributed by atoms with Crippen LogP contribution in [-0.2, 0) is 6.54 Å². The number of hydrogen-bond acceptors (Lipinski definition) is 3. The minimum absolute atomic E-state index is 0.141. The largest absolute Gasteiger partial charge is 0.393 e. The summed E-state index contributed by atoms with van der Waals surface area (Å²) in [6, 6.07) is 4.30. The normalized spacial score (nSPS) is 21.2. The van der Waals surface area contributed by atoms with E-state index in [0.29, 0.717) is 5.92 Å². The van der Waals surface area contributed by atoms with Crippen molar-refractivity contribution in [3.8, 4) is 0 Å². The predicted molar refractivity (Wildman–Crippen MR) is 71.7 cm³/mol. The van der Waals surface area contributed by atoms with Crippen LogP contribution in [0.3, 0.4) is 0 Å². The molecule has 90 valence electrons. The lowest BCUT2D eigenvalue weighted by atomic mass is 9.92. The maximum absolute atomic E-state index is 9.53. The molecule has 0 spiro atoms. The third-order valence-electron chi connectivity index (χ3n) is 3.32. The lowest BCUT2D eigenvalue weighted by molar-refractivity contribution is 0.0698. The number of thiophene rings is 1. The summed E-state index contributed by atoms with van der Waals surface area (Å²) in [5, 5.41) is 9.53. The molecule has 1 unspecified atom stereocenters. The molecule has 0 bridgehead atoms. The summed E-state index contributed by atoms with van der Waals surface area (Å²) in [7, 11) is 0. The van der Waals surface area contributed by atoms with Crippen LogP contribution in [0.2, 0.25) is 0 Å². The van der Waals surface area contributed by atoms with Gasteiger partial charge in [-0.05, 0) is 66.8 Å². The van der Waals surface area contributed by atoms with Crippen molar-refractivity contribution in [1.29, 1.82) is 0 Å². The molecule has 1 aliphatic rings. The van der Waals surface area contributed by atoms with Crippen molar-refractivity contribution in [2.45, 2.75) is 32.4 Å². The number of aliphatic hydroxyl groups excluding tert-OH is 1. The molecule has 0 aromatic carbocycles. The Hall–Kier alpha value is 0.1000. The van der Waals surface area contributed by atoms with Crippen molar-refractivity contribution < 1.29 is 5.11 Å². The average molecular weight is 304 g/mol. The van der Waals surface area contributed by atoms with Gasteiger partial charge in [-0.3, -0.25) is 4.90 Å². The minimum Gasteiger partial charge on any atom is -0.393 e. The second-order valence-electron chi connectivity index (χ2n) is 4.56. The van der Waals surface area contributed by atoms with Crippen molar-refractivity contribution >= 4 is 27.3 Å². The molecule has 1 N–H and O–H groups in total. The Kier molecular flexibility index (Phi) is 4.41. The van der Waals surface area contributed by atoms with E-state index in [-0.39, 0.29) is 6.10 Å². The van der Waals surface area contributed by atoms with E-state index in [2.05, 4.69) is 33.0 Å². The van der Waals surface area contributed by atoms with Crippen molar-refractivity contribution in [2.75, 3.05) is 13.1 Å². The van der Waals surface area contributed by atoms with Gasteiger partial charge in [0, 0.05) is 11.4 Å². The third kappa shape index (κ3) is 3.29. The van der Waals surface area contributed by atoms with Gasteiger partial charge in [0.15, 0.2) is 0 Å². The van der Waals surface area contributed by atoms with E-state index in [4.69, 9.17) is 0 Å². The number of halogens is 1. The lowest BCUT2D eigenvalue weighted by Crippen LogP contribution is -2.36. The number of likely N-dealkylation sites (tertiary alicyclic amines) is 1. The molecule has 1 aromatic heterocycles. The molecule has 1 fully saturated rings. The first-order valence-corrected chi connectivity index (χ1v) is 7.41. The first-order chi connectivity index (χ1) is 7.65. The van der Waals surface area contributed by atoms with Gasteiger partial charge in [0.1, 0.15) is 0 Å². The highest BCUT2D eigenvalue weighted by Gasteiger charge is 2.22. The van der Waals surface area contributed by atoms with Gasteiger partial charge in [-0.2, -0.15) is 0 Å². The minimum atomic E-state index is -0.141. The number of hydrogen-bond donors (Lipinski definition) is 1. The summed E-state index contributed by atoms with van der Waals surface area (Å²) in [6.07, 6.45) is 2.12. The van der Waals surface area contributed by atoms with Crippen LogP contribution in [-0.4, -0.2) is 29.2 Å². The summed E-state index contributed by atoms with van der Waals surface area (Å²) in [5.41, 5.74) is 0. The number of rotatable bonds is 3. The van der Waals surface area contributed by atoms with E-state index >= 15 is 0 Å². The fourth-order valence-corrected chi connectivity index (χ4v) is 3.78. The summed E-state index contributed by atoms with van der Waals surface area (Å²) in [5.74, 6) is 0.506. The molecule has 1 aromatic rings. The summed E-state index contributed by atoms with van der Waals surface area (Å²) in [6.45, 7) is 5.20. The highest BCUT2D eigenvalue weighted by Crippen LogP contribution is 2.26. The predicted octanol–water partition coefficient (Wildman–Crippen LogP) is 3.10.